The van der Waals surface area contributed by atoms with Gasteiger partial charge in [-0.3, -0.25) is 9.59 Å². The number of benzene rings is 1. The SMILES string of the molecule is O=C(O)[C@@H]1CN(C(=O)c2ccco2)C[C@@H]1c1ccccc1. The van der Waals surface area contributed by atoms with E-state index in [0.717, 1.165) is 5.56 Å². The van der Waals surface area contributed by atoms with Gasteiger partial charge in [-0.1, -0.05) is 30.3 Å². The zero-order chi connectivity index (χ0) is 14.8. The van der Waals surface area contributed by atoms with Gasteiger partial charge >= 0.3 is 5.97 Å². The van der Waals surface area contributed by atoms with E-state index in [-0.39, 0.29) is 24.1 Å². The molecule has 1 saturated heterocycles. The lowest BCUT2D eigenvalue weighted by atomic mass is 9.89. The fraction of sp³-hybridized carbons (Fsp3) is 0.250. The number of carbonyl (C=O) groups excluding carboxylic acids is 1. The van der Waals surface area contributed by atoms with Crippen LogP contribution in [-0.2, 0) is 4.79 Å². The molecular weight excluding hydrogens is 270 g/mol. The number of carbonyl (C=O) groups is 2. The van der Waals surface area contributed by atoms with Crippen LogP contribution in [0.5, 0.6) is 0 Å². The summed E-state index contributed by atoms with van der Waals surface area (Å²) in [5.41, 5.74) is 0.944. The van der Waals surface area contributed by atoms with Crippen molar-refractivity contribution < 1.29 is 19.1 Å². The van der Waals surface area contributed by atoms with Gasteiger partial charge in [0, 0.05) is 19.0 Å². The van der Waals surface area contributed by atoms with E-state index in [0.29, 0.717) is 6.54 Å². The van der Waals surface area contributed by atoms with Crippen molar-refractivity contribution in [3.05, 3.63) is 60.1 Å². The van der Waals surface area contributed by atoms with E-state index in [4.69, 9.17) is 4.42 Å². The molecule has 0 bridgehead atoms. The Morgan fingerprint density at radius 1 is 1.10 bits per heavy atom. The van der Waals surface area contributed by atoms with Gasteiger partial charge in [-0.2, -0.15) is 0 Å². The molecule has 0 spiro atoms. The molecule has 1 aliphatic rings. The molecule has 2 aromatic rings. The number of nitrogens with zero attached hydrogens (tertiary/aromatic N) is 1. The Bertz CT molecular complexity index is 636. The summed E-state index contributed by atoms with van der Waals surface area (Å²) in [5, 5.41) is 9.41. The molecule has 0 saturated carbocycles. The average molecular weight is 285 g/mol. The molecule has 0 radical (unpaired) electrons. The van der Waals surface area contributed by atoms with Crippen molar-refractivity contribution in [2.75, 3.05) is 13.1 Å². The molecule has 5 nitrogen and oxygen atoms in total. The van der Waals surface area contributed by atoms with Gasteiger partial charge in [-0.25, -0.2) is 0 Å². The highest BCUT2D eigenvalue weighted by Crippen LogP contribution is 2.33. The third kappa shape index (κ3) is 2.54. The van der Waals surface area contributed by atoms with Gasteiger partial charge in [0.2, 0.25) is 0 Å². The fourth-order valence-corrected chi connectivity index (χ4v) is 2.81. The van der Waals surface area contributed by atoms with Gasteiger partial charge in [-0.15, -0.1) is 0 Å². The van der Waals surface area contributed by atoms with Crippen molar-refractivity contribution in [1.82, 2.24) is 4.90 Å². The van der Waals surface area contributed by atoms with Crippen LogP contribution in [0.25, 0.3) is 0 Å². The van der Waals surface area contributed by atoms with E-state index >= 15 is 0 Å². The second-order valence-electron chi connectivity index (χ2n) is 5.15. The van der Waals surface area contributed by atoms with Crippen molar-refractivity contribution in [3.63, 3.8) is 0 Å². The van der Waals surface area contributed by atoms with Gasteiger partial charge in [0.1, 0.15) is 0 Å². The summed E-state index contributed by atoms with van der Waals surface area (Å²) in [4.78, 5) is 25.3. The van der Waals surface area contributed by atoms with Gasteiger partial charge in [0.05, 0.1) is 12.2 Å². The summed E-state index contributed by atoms with van der Waals surface area (Å²) in [7, 11) is 0. The lowest BCUT2D eigenvalue weighted by Crippen LogP contribution is -2.29. The molecule has 2 atom stereocenters. The minimum atomic E-state index is -0.876. The van der Waals surface area contributed by atoms with E-state index in [2.05, 4.69) is 0 Å². The second-order valence-corrected chi connectivity index (χ2v) is 5.15. The zero-order valence-electron chi connectivity index (χ0n) is 11.3. The molecule has 1 fully saturated rings. The van der Waals surface area contributed by atoms with Crippen molar-refractivity contribution in [1.29, 1.82) is 0 Å². The predicted molar refractivity (Wildman–Crippen MR) is 74.9 cm³/mol. The Morgan fingerprint density at radius 3 is 2.48 bits per heavy atom. The molecule has 1 aromatic heterocycles. The first-order valence-electron chi connectivity index (χ1n) is 6.77. The maximum Gasteiger partial charge on any atom is 0.308 e. The van der Waals surface area contributed by atoms with Crippen molar-refractivity contribution in [2.24, 2.45) is 5.92 Å². The highest BCUT2D eigenvalue weighted by molar-refractivity contribution is 5.92. The van der Waals surface area contributed by atoms with Crippen molar-refractivity contribution >= 4 is 11.9 Å². The number of rotatable bonds is 3. The van der Waals surface area contributed by atoms with Crippen LogP contribution in [0.3, 0.4) is 0 Å². The van der Waals surface area contributed by atoms with Gasteiger partial charge in [0.25, 0.3) is 5.91 Å². The van der Waals surface area contributed by atoms with Crippen LogP contribution in [0.1, 0.15) is 22.0 Å². The van der Waals surface area contributed by atoms with Gasteiger partial charge in [0.15, 0.2) is 5.76 Å². The topological polar surface area (TPSA) is 70.8 Å². The molecular formula is C16H15NO4. The van der Waals surface area contributed by atoms with E-state index in [1.165, 1.54) is 6.26 Å². The van der Waals surface area contributed by atoms with Crippen LogP contribution < -0.4 is 0 Å². The zero-order valence-corrected chi connectivity index (χ0v) is 11.3. The summed E-state index contributed by atoms with van der Waals surface area (Å²) in [6.45, 7) is 0.592. The van der Waals surface area contributed by atoms with Crippen LogP contribution in [0.15, 0.2) is 53.1 Å². The predicted octanol–water partition coefficient (Wildman–Crippen LogP) is 2.22. The number of hydrogen-bond acceptors (Lipinski definition) is 3. The first kappa shape index (κ1) is 13.4. The van der Waals surface area contributed by atoms with Crippen LogP contribution in [0, 0.1) is 5.92 Å². The monoisotopic (exact) mass is 285 g/mol. The summed E-state index contributed by atoms with van der Waals surface area (Å²) >= 11 is 0. The number of amides is 1. The molecule has 108 valence electrons. The number of carboxylic acids is 1. The lowest BCUT2D eigenvalue weighted by molar-refractivity contribution is -0.141. The molecule has 1 N–H and O–H groups in total. The van der Waals surface area contributed by atoms with Crippen LogP contribution in [-0.4, -0.2) is 35.0 Å². The summed E-state index contributed by atoms with van der Waals surface area (Å²) in [6, 6.07) is 12.7. The number of aliphatic carboxylic acids is 1. The van der Waals surface area contributed by atoms with E-state index in [1.54, 1.807) is 17.0 Å². The fourth-order valence-electron chi connectivity index (χ4n) is 2.81. The number of likely N-dealkylation sites (tertiary alicyclic amines) is 1. The third-order valence-electron chi connectivity index (χ3n) is 3.88. The summed E-state index contributed by atoms with van der Waals surface area (Å²) < 4.78 is 5.11. The second kappa shape index (κ2) is 5.44. The highest BCUT2D eigenvalue weighted by Gasteiger charge is 2.41. The number of carboxylic acid groups (broad SMARTS) is 1. The number of furan rings is 1. The minimum absolute atomic E-state index is 0.192. The average Bonchev–Trinajstić information content (AvgIpc) is 3.17. The summed E-state index contributed by atoms with van der Waals surface area (Å²) in [5.74, 6) is -1.68. The summed E-state index contributed by atoms with van der Waals surface area (Å²) in [6.07, 6.45) is 1.44. The Kier molecular flexibility index (Phi) is 3.48. The molecule has 0 aliphatic carbocycles. The maximum absolute atomic E-state index is 12.3. The molecule has 1 aromatic carbocycles. The van der Waals surface area contributed by atoms with E-state index < -0.39 is 11.9 Å². The van der Waals surface area contributed by atoms with Gasteiger partial charge in [-0.05, 0) is 17.7 Å². The maximum atomic E-state index is 12.3. The minimum Gasteiger partial charge on any atom is -0.481 e. The first-order valence-corrected chi connectivity index (χ1v) is 6.77. The van der Waals surface area contributed by atoms with Crippen molar-refractivity contribution in [2.45, 2.75) is 5.92 Å². The molecule has 3 rings (SSSR count). The standard InChI is InChI=1S/C16H15NO4/c18-15(14-7-4-8-21-14)17-9-12(13(10-17)16(19)20)11-5-2-1-3-6-11/h1-8,12-13H,9-10H2,(H,19,20)/t12-,13-/m1/s1. The Morgan fingerprint density at radius 2 is 1.86 bits per heavy atom. The largest absolute Gasteiger partial charge is 0.481 e. The van der Waals surface area contributed by atoms with Crippen LogP contribution in [0.4, 0.5) is 0 Å². The Hall–Kier alpha value is -2.56. The van der Waals surface area contributed by atoms with Crippen molar-refractivity contribution in [3.8, 4) is 0 Å². The third-order valence-corrected chi connectivity index (χ3v) is 3.88. The lowest BCUT2D eigenvalue weighted by Gasteiger charge is -2.15. The quantitative estimate of drug-likeness (QED) is 0.938. The van der Waals surface area contributed by atoms with Crippen LogP contribution >= 0.6 is 0 Å². The highest BCUT2D eigenvalue weighted by atomic mass is 16.4. The number of hydrogen-bond donors (Lipinski definition) is 1. The van der Waals surface area contributed by atoms with E-state index in [1.807, 2.05) is 30.3 Å². The normalized spacial score (nSPS) is 21.4. The van der Waals surface area contributed by atoms with E-state index in [9.17, 15) is 14.7 Å². The Labute approximate surface area is 121 Å². The molecule has 21 heavy (non-hydrogen) atoms. The molecule has 1 aliphatic heterocycles. The molecule has 5 heteroatoms. The molecule has 2 heterocycles. The molecule has 1 amide bonds. The molecule has 0 unspecified atom stereocenters. The smallest absolute Gasteiger partial charge is 0.308 e. The Balaban J connectivity index is 1.85. The van der Waals surface area contributed by atoms with Crippen LogP contribution in [0.2, 0.25) is 0 Å². The van der Waals surface area contributed by atoms with Gasteiger partial charge < -0.3 is 14.4 Å². The first-order chi connectivity index (χ1) is 10.2.